The number of nitrogens with two attached hydrogens (primary N) is 1. The maximum atomic E-state index is 13.5. The number of nitrogens with zero attached hydrogens (tertiary/aromatic N) is 5. The number of hydrogen-bond donors (Lipinski definition) is 2. The number of rotatable bonds is 8. The van der Waals surface area contributed by atoms with Gasteiger partial charge in [0.15, 0.2) is 0 Å². The number of aryl methyl sites for hydroxylation is 1. The molecular weight excluding hydrogens is 474 g/mol. The third-order valence-corrected chi connectivity index (χ3v) is 6.81. The smallest absolute Gasteiger partial charge is 0.345 e. The first-order valence-corrected chi connectivity index (χ1v) is 12.5. The number of imide groups is 1. The maximum Gasteiger partial charge on any atom is 0.345 e. The van der Waals surface area contributed by atoms with E-state index in [1.165, 1.54) is 31.1 Å². The van der Waals surface area contributed by atoms with Crippen LogP contribution in [0.2, 0.25) is 0 Å². The monoisotopic (exact) mass is 507 g/mol. The van der Waals surface area contributed by atoms with Crippen molar-refractivity contribution in [1.82, 2.24) is 14.8 Å². The van der Waals surface area contributed by atoms with Gasteiger partial charge in [-0.25, -0.2) is 25.3 Å². The first kappa shape index (κ1) is 26.1. The van der Waals surface area contributed by atoms with E-state index in [1.54, 1.807) is 0 Å². The van der Waals surface area contributed by atoms with Crippen LogP contribution >= 0.6 is 0 Å². The van der Waals surface area contributed by atoms with Crippen LogP contribution < -0.4 is 16.1 Å². The van der Waals surface area contributed by atoms with Crippen molar-refractivity contribution in [3.05, 3.63) is 64.6 Å². The summed E-state index contributed by atoms with van der Waals surface area (Å²) in [6.45, 7) is 5.30. The molecule has 11 nitrogen and oxygen atoms in total. The van der Waals surface area contributed by atoms with Gasteiger partial charge < -0.3 is 10.2 Å². The summed E-state index contributed by atoms with van der Waals surface area (Å²) >= 11 is 0. The van der Waals surface area contributed by atoms with E-state index in [-0.39, 0.29) is 13.1 Å². The lowest BCUT2D eigenvalue weighted by Gasteiger charge is -2.45. The van der Waals surface area contributed by atoms with Crippen molar-refractivity contribution in [3.63, 3.8) is 0 Å². The molecule has 0 radical (unpaired) electrons. The SMILES string of the molecule is Cc1ccc(CN2C(=O)N(C[C@H](C)C(=O)N=O)C(=O)N(N)C2Nc2ccc(N3CCCCC3)cc2)cc1. The minimum Gasteiger partial charge on any atom is -0.372 e. The van der Waals surface area contributed by atoms with Gasteiger partial charge >= 0.3 is 12.1 Å². The second-order valence-electron chi connectivity index (χ2n) is 9.64. The average Bonchev–Trinajstić information content (AvgIpc) is 2.93. The van der Waals surface area contributed by atoms with E-state index < -0.39 is 30.2 Å². The number of hydrogen-bond acceptors (Lipinski definition) is 7. The van der Waals surface area contributed by atoms with Crippen LogP contribution in [0.1, 0.15) is 37.3 Å². The summed E-state index contributed by atoms with van der Waals surface area (Å²) in [5, 5.41) is 6.56. The van der Waals surface area contributed by atoms with Crippen LogP contribution in [0, 0.1) is 17.7 Å². The molecular formula is C26H33N7O4. The number of carbonyl (C=O) groups excluding carboxylic acids is 3. The van der Waals surface area contributed by atoms with Gasteiger partial charge in [0.2, 0.25) is 6.29 Å². The van der Waals surface area contributed by atoms with Crippen LogP contribution in [0.15, 0.2) is 53.7 Å². The van der Waals surface area contributed by atoms with Gasteiger partial charge in [0, 0.05) is 36.2 Å². The quantitative estimate of drug-likeness (QED) is 0.315. The lowest BCUT2D eigenvalue weighted by Crippen LogP contribution is -2.70. The molecule has 2 aromatic rings. The van der Waals surface area contributed by atoms with Gasteiger partial charge in [0.1, 0.15) is 0 Å². The van der Waals surface area contributed by atoms with Gasteiger partial charge in [-0.3, -0.25) is 9.69 Å². The highest BCUT2D eigenvalue weighted by Crippen LogP contribution is 2.26. The molecule has 3 N–H and O–H groups in total. The molecule has 0 aromatic heterocycles. The molecule has 2 aromatic carbocycles. The van der Waals surface area contributed by atoms with E-state index >= 15 is 0 Å². The Hall–Kier alpha value is -3.99. The molecule has 2 aliphatic heterocycles. The predicted molar refractivity (Wildman–Crippen MR) is 140 cm³/mol. The molecule has 2 fully saturated rings. The lowest BCUT2D eigenvalue weighted by atomic mass is 10.1. The summed E-state index contributed by atoms with van der Waals surface area (Å²) in [6, 6.07) is 14.1. The van der Waals surface area contributed by atoms with Crippen LogP contribution in [0.25, 0.3) is 0 Å². The van der Waals surface area contributed by atoms with Crippen LogP contribution in [-0.4, -0.2) is 58.7 Å². The van der Waals surface area contributed by atoms with E-state index in [2.05, 4.69) is 15.4 Å². The Morgan fingerprint density at radius 2 is 1.68 bits per heavy atom. The number of amides is 5. The number of benzene rings is 2. The predicted octanol–water partition coefficient (Wildman–Crippen LogP) is 3.84. The fourth-order valence-electron chi connectivity index (χ4n) is 4.60. The van der Waals surface area contributed by atoms with Gasteiger partial charge in [-0.1, -0.05) is 36.8 Å². The van der Waals surface area contributed by atoms with Crippen molar-refractivity contribution in [2.75, 3.05) is 29.9 Å². The van der Waals surface area contributed by atoms with Crippen LogP contribution in [0.4, 0.5) is 21.0 Å². The molecule has 2 atom stereocenters. The minimum absolute atomic E-state index is 0.161. The van der Waals surface area contributed by atoms with Crippen molar-refractivity contribution >= 4 is 29.3 Å². The molecule has 0 spiro atoms. The first-order valence-electron chi connectivity index (χ1n) is 12.5. The molecule has 2 heterocycles. The van der Waals surface area contributed by atoms with Gasteiger partial charge in [0.05, 0.1) is 12.5 Å². The van der Waals surface area contributed by atoms with Crippen molar-refractivity contribution in [3.8, 4) is 0 Å². The topological polar surface area (TPSA) is 132 Å². The Morgan fingerprint density at radius 1 is 1.03 bits per heavy atom. The van der Waals surface area contributed by atoms with E-state index in [0.29, 0.717) is 5.69 Å². The number of anilines is 2. The van der Waals surface area contributed by atoms with Crippen LogP contribution in [0.5, 0.6) is 0 Å². The molecule has 0 saturated carbocycles. The minimum atomic E-state index is -0.978. The Labute approximate surface area is 216 Å². The first-order chi connectivity index (χ1) is 17.8. The summed E-state index contributed by atoms with van der Waals surface area (Å²) in [7, 11) is 0. The fourth-order valence-corrected chi connectivity index (χ4v) is 4.60. The molecule has 2 aliphatic rings. The highest BCUT2D eigenvalue weighted by atomic mass is 16.3. The van der Waals surface area contributed by atoms with E-state index in [4.69, 9.17) is 5.84 Å². The number of urea groups is 2. The third kappa shape index (κ3) is 5.88. The Balaban J connectivity index is 1.58. The maximum absolute atomic E-state index is 13.5. The average molecular weight is 508 g/mol. The van der Waals surface area contributed by atoms with Crippen LogP contribution in [0.3, 0.4) is 0 Å². The normalized spacial score (nSPS) is 19.2. The number of nitrogens with one attached hydrogen (secondary N) is 1. The largest absolute Gasteiger partial charge is 0.372 e. The Bertz CT molecular complexity index is 1130. The zero-order valence-electron chi connectivity index (χ0n) is 21.2. The molecule has 37 heavy (non-hydrogen) atoms. The molecule has 5 amide bonds. The van der Waals surface area contributed by atoms with Crippen molar-refractivity contribution in [2.45, 2.75) is 45.9 Å². The van der Waals surface area contributed by atoms with Crippen LogP contribution in [-0.2, 0) is 11.3 Å². The Morgan fingerprint density at radius 3 is 2.30 bits per heavy atom. The van der Waals surface area contributed by atoms with Gasteiger partial charge in [-0.2, -0.15) is 0 Å². The molecule has 0 aliphatic carbocycles. The summed E-state index contributed by atoms with van der Waals surface area (Å²) in [5.41, 5.74) is 3.73. The molecule has 11 heteroatoms. The van der Waals surface area contributed by atoms with Gasteiger partial charge in [-0.15, -0.1) is 4.91 Å². The molecule has 4 rings (SSSR count). The number of nitroso groups, excluding NO2 is 1. The highest BCUT2D eigenvalue weighted by Gasteiger charge is 2.44. The second kappa shape index (κ2) is 11.4. The summed E-state index contributed by atoms with van der Waals surface area (Å²) in [4.78, 5) is 53.7. The second-order valence-corrected chi connectivity index (χ2v) is 9.64. The zero-order chi connectivity index (χ0) is 26.5. The standard InChI is InChI=1S/C26H33N7O4/c1-18-6-8-20(9-7-18)17-31-24(28-21-10-12-22(13-11-21)30-14-4-3-5-15-30)33(27)26(36)32(25(31)35)16-19(2)23(34)29-37/h6-13,19,24,28H,3-5,14-17,27H2,1-2H3/t19-,24?/m0/s1. The lowest BCUT2D eigenvalue weighted by molar-refractivity contribution is -0.121. The number of piperidine rings is 1. The van der Waals surface area contributed by atoms with Crippen molar-refractivity contribution in [1.29, 1.82) is 0 Å². The molecule has 2 saturated heterocycles. The van der Waals surface area contributed by atoms with Crippen molar-refractivity contribution in [2.24, 2.45) is 16.9 Å². The summed E-state index contributed by atoms with van der Waals surface area (Å²) in [6.07, 6.45) is 2.62. The third-order valence-electron chi connectivity index (χ3n) is 6.81. The Kier molecular flexibility index (Phi) is 8.02. The molecule has 196 valence electrons. The molecule has 0 bridgehead atoms. The van der Waals surface area contributed by atoms with E-state index in [9.17, 15) is 19.3 Å². The number of carbonyl (C=O) groups is 3. The fraction of sp³-hybridized carbons (Fsp3) is 0.423. The van der Waals surface area contributed by atoms with Gasteiger partial charge in [-0.05, 0) is 56.0 Å². The van der Waals surface area contributed by atoms with Gasteiger partial charge in [0.25, 0.3) is 5.91 Å². The van der Waals surface area contributed by atoms with E-state index in [0.717, 1.165) is 39.8 Å². The zero-order valence-corrected chi connectivity index (χ0v) is 21.2. The van der Waals surface area contributed by atoms with E-state index in [1.807, 2.05) is 55.5 Å². The van der Waals surface area contributed by atoms with Crippen molar-refractivity contribution < 1.29 is 14.4 Å². The summed E-state index contributed by atoms with van der Waals surface area (Å²) in [5.74, 6) is 4.34. The highest BCUT2D eigenvalue weighted by molar-refractivity contribution is 5.96. The molecule has 1 unspecified atom stereocenters. The number of hydrazine groups is 1. The summed E-state index contributed by atoms with van der Waals surface area (Å²) < 4.78 is 0.